The Labute approximate surface area is 314 Å². The van der Waals surface area contributed by atoms with Crippen LogP contribution >= 0.6 is 0 Å². The lowest BCUT2D eigenvalue weighted by Crippen LogP contribution is -2.50. The van der Waals surface area contributed by atoms with E-state index in [1.54, 1.807) is 24.1 Å². The molecular formula is C41H52F4N4O5. The molecule has 13 heteroatoms. The first-order valence-corrected chi connectivity index (χ1v) is 19.7. The van der Waals surface area contributed by atoms with Crippen molar-refractivity contribution in [2.45, 2.75) is 100 Å². The number of likely N-dealkylation sites (tertiary alicyclic amines) is 3. The van der Waals surface area contributed by atoms with Gasteiger partial charge in [0, 0.05) is 75.3 Å². The van der Waals surface area contributed by atoms with Crippen LogP contribution in [0.4, 0.5) is 23.2 Å². The molecule has 294 valence electrons. The van der Waals surface area contributed by atoms with Gasteiger partial charge in [-0.05, 0) is 79.8 Å². The average molecular weight is 757 g/mol. The molecule has 1 saturated carbocycles. The highest BCUT2D eigenvalue weighted by atomic mass is 19.4. The van der Waals surface area contributed by atoms with E-state index in [-0.39, 0.29) is 36.9 Å². The van der Waals surface area contributed by atoms with E-state index >= 15 is 4.39 Å². The van der Waals surface area contributed by atoms with E-state index in [0.717, 1.165) is 37.3 Å². The minimum atomic E-state index is -4.57. The summed E-state index contributed by atoms with van der Waals surface area (Å²) < 4.78 is 65.5. The van der Waals surface area contributed by atoms with Crippen LogP contribution in [0.1, 0.15) is 93.2 Å². The van der Waals surface area contributed by atoms with Crippen LogP contribution in [0.25, 0.3) is 0 Å². The predicted molar refractivity (Wildman–Crippen MR) is 195 cm³/mol. The lowest BCUT2D eigenvalue weighted by atomic mass is 9.84. The van der Waals surface area contributed by atoms with Crippen LogP contribution < -0.4 is 9.64 Å². The Balaban J connectivity index is 1.14. The quantitative estimate of drug-likeness (QED) is 0.285. The third-order valence-electron chi connectivity index (χ3n) is 13.1. The van der Waals surface area contributed by atoms with Crippen LogP contribution in [-0.4, -0.2) is 108 Å². The lowest BCUT2D eigenvalue weighted by Gasteiger charge is -2.37. The maximum atomic E-state index is 17.7. The zero-order valence-electron chi connectivity index (χ0n) is 31.2. The Morgan fingerprint density at radius 1 is 0.907 bits per heavy atom. The second-order valence-electron chi connectivity index (χ2n) is 16.1. The number of amides is 2. The zero-order valence-corrected chi connectivity index (χ0v) is 31.2. The number of alkyl halides is 4. The Hall–Kier alpha value is -3.87. The number of piperidine rings is 1. The van der Waals surface area contributed by atoms with E-state index in [0.29, 0.717) is 81.8 Å². The topological polar surface area (TPSA) is 93.6 Å². The number of anilines is 1. The summed E-state index contributed by atoms with van der Waals surface area (Å²) in [5.74, 6) is -2.62. The molecule has 0 unspecified atom stereocenters. The number of ether oxygens (including phenoxy) is 1. The van der Waals surface area contributed by atoms with E-state index in [1.165, 1.54) is 17.0 Å². The molecule has 5 fully saturated rings. The normalized spacial score (nSPS) is 28.7. The second kappa shape index (κ2) is 15.3. The van der Waals surface area contributed by atoms with Gasteiger partial charge in [-0.2, -0.15) is 13.2 Å². The van der Waals surface area contributed by atoms with Crippen molar-refractivity contribution in [2.24, 2.45) is 11.8 Å². The van der Waals surface area contributed by atoms with Gasteiger partial charge < -0.3 is 24.5 Å². The molecule has 9 nitrogen and oxygen atoms in total. The van der Waals surface area contributed by atoms with Crippen LogP contribution in [0.3, 0.4) is 0 Å². The molecule has 1 aliphatic carbocycles. The molecule has 0 spiro atoms. The molecule has 5 atom stereocenters. The average Bonchev–Trinajstić information content (AvgIpc) is 4.00. The molecule has 4 aliphatic heterocycles. The highest BCUT2D eigenvalue weighted by molar-refractivity contribution is 5.88. The molecule has 1 N–H and O–H groups in total. The van der Waals surface area contributed by atoms with Crippen molar-refractivity contribution in [3.05, 3.63) is 59.2 Å². The number of carboxylic acids is 1. The fourth-order valence-electron chi connectivity index (χ4n) is 10.1. The third kappa shape index (κ3) is 7.29. The number of rotatable bonds is 9. The molecule has 54 heavy (non-hydrogen) atoms. The molecule has 7 rings (SSSR count). The van der Waals surface area contributed by atoms with Crippen LogP contribution in [-0.2, 0) is 20.6 Å². The van der Waals surface area contributed by atoms with Gasteiger partial charge in [0.25, 0.3) is 5.91 Å². The Kier molecular flexibility index (Phi) is 10.9. The Bertz CT molecular complexity index is 1690. The van der Waals surface area contributed by atoms with E-state index in [1.807, 2.05) is 24.0 Å². The van der Waals surface area contributed by atoms with Crippen LogP contribution in [0.2, 0.25) is 0 Å². The first-order chi connectivity index (χ1) is 25.8. The van der Waals surface area contributed by atoms with Crippen molar-refractivity contribution >= 4 is 23.5 Å². The van der Waals surface area contributed by atoms with Crippen LogP contribution in [0.15, 0.2) is 42.5 Å². The maximum absolute atomic E-state index is 17.7. The molecule has 2 aromatic carbocycles. The first kappa shape index (κ1) is 38.4. The summed E-state index contributed by atoms with van der Waals surface area (Å²) in [6, 6.07) is 10.5. The summed E-state index contributed by atoms with van der Waals surface area (Å²) in [6.45, 7) is 4.00. The van der Waals surface area contributed by atoms with Crippen LogP contribution in [0, 0.1) is 11.8 Å². The smallest absolute Gasteiger partial charge is 0.416 e. The summed E-state index contributed by atoms with van der Waals surface area (Å²) in [5, 5.41) is 9.61. The van der Waals surface area contributed by atoms with Gasteiger partial charge >= 0.3 is 12.1 Å². The van der Waals surface area contributed by atoms with Crippen molar-refractivity contribution in [3.8, 4) is 5.75 Å². The molecule has 4 saturated heterocycles. The minimum Gasteiger partial charge on any atom is -0.497 e. The van der Waals surface area contributed by atoms with Gasteiger partial charge in [-0.25, -0.2) is 9.18 Å². The van der Waals surface area contributed by atoms with Crippen molar-refractivity contribution in [1.29, 1.82) is 0 Å². The summed E-state index contributed by atoms with van der Waals surface area (Å²) in [4.78, 5) is 46.8. The predicted octanol–water partition coefficient (Wildman–Crippen LogP) is 6.71. The highest BCUT2D eigenvalue weighted by Gasteiger charge is 2.57. The Morgan fingerprint density at radius 3 is 2.24 bits per heavy atom. The van der Waals surface area contributed by atoms with Crippen molar-refractivity contribution < 1.29 is 41.8 Å². The van der Waals surface area contributed by atoms with Crippen molar-refractivity contribution in [1.82, 2.24) is 14.7 Å². The number of halogens is 4. The van der Waals surface area contributed by atoms with Gasteiger partial charge in [-0.1, -0.05) is 44.4 Å². The third-order valence-corrected chi connectivity index (χ3v) is 13.1. The van der Waals surface area contributed by atoms with Gasteiger partial charge in [-0.15, -0.1) is 0 Å². The Morgan fingerprint density at radius 2 is 1.61 bits per heavy atom. The lowest BCUT2D eigenvalue weighted by molar-refractivity contribution is -0.150. The number of carbonyl (C=O) groups is 3. The summed E-state index contributed by atoms with van der Waals surface area (Å²) in [5.41, 5.74) is -1.08. The van der Waals surface area contributed by atoms with Crippen LogP contribution in [0.5, 0.6) is 5.75 Å². The number of benzene rings is 2. The fourth-order valence-corrected chi connectivity index (χ4v) is 10.1. The largest absolute Gasteiger partial charge is 0.497 e. The van der Waals surface area contributed by atoms with Gasteiger partial charge in [-0.3, -0.25) is 14.5 Å². The monoisotopic (exact) mass is 756 g/mol. The number of aliphatic carboxylic acids is 1. The van der Waals surface area contributed by atoms with E-state index in [9.17, 15) is 32.7 Å². The van der Waals surface area contributed by atoms with E-state index < -0.39 is 47.2 Å². The number of hydrogen-bond donors (Lipinski definition) is 1. The number of carbonyl (C=O) groups excluding carboxylic acids is 2. The molecule has 0 bridgehead atoms. The highest BCUT2D eigenvalue weighted by Crippen LogP contribution is 2.47. The fraction of sp³-hybridized carbons (Fsp3) is 0.634. The molecule has 2 aromatic rings. The summed E-state index contributed by atoms with van der Waals surface area (Å²) in [7, 11) is 1.57. The second-order valence-corrected chi connectivity index (χ2v) is 16.1. The molecule has 4 heterocycles. The SMILES string of the molecule is CC[C@H]1CN(C(=O)[C@]2(F)CN(C3CCCC3)C[C@H]2c2ccc(OC)cc2)C[C@@H]1c1ccc(C(F)(F)F)cc1N1CCC(C(=O)N2CCC[C@H]2C(=O)O)CC1. The number of carboxylic acid groups (broad SMARTS) is 1. The van der Waals surface area contributed by atoms with Gasteiger partial charge in [0.1, 0.15) is 11.8 Å². The molecule has 2 amide bonds. The molecular weight excluding hydrogens is 704 g/mol. The molecule has 5 aliphatic rings. The number of hydrogen-bond acceptors (Lipinski definition) is 6. The van der Waals surface area contributed by atoms with Gasteiger partial charge in [0.15, 0.2) is 0 Å². The minimum absolute atomic E-state index is 0.00892. The number of methoxy groups -OCH3 is 1. The first-order valence-electron chi connectivity index (χ1n) is 19.7. The summed E-state index contributed by atoms with van der Waals surface area (Å²) in [6.07, 6.45) is 2.02. The van der Waals surface area contributed by atoms with Crippen molar-refractivity contribution in [2.75, 3.05) is 57.8 Å². The summed E-state index contributed by atoms with van der Waals surface area (Å²) >= 11 is 0. The standard InChI is InChI=1S/C41H52F4N4O5/c1-3-26-22-47(39(53)40(42)25-48(30-7-4-5-8-30)24-34(40)27-10-13-31(54-2)14-11-27)23-33(26)32-15-12-29(41(43,44)45)21-36(32)46-19-16-28(17-20-46)37(50)49-18-6-9-35(49)38(51)52/h10-15,21,26,28,30,33-35H,3-9,16-20,22-25H2,1-2H3,(H,51,52)/t26-,33-,34-,35-,40-/m0/s1. The maximum Gasteiger partial charge on any atom is 0.416 e. The molecule has 0 radical (unpaired) electrons. The van der Waals surface area contributed by atoms with E-state index in [2.05, 4.69) is 4.90 Å². The van der Waals surface area contributed by atoms with Gasteiger partial charge in [0.05, 0.1) is 12.7 Å². The van der Waals surface area contributed by atoms with Crippen molar-refractivity contribution in [3.63, 3.8) is 0 Å². The zero-order chi connectivity index (χ0) is 38.4. The molecule has 0 aromatic heterocycles. The van der Waals surface area contributed by atoms with E-state index in [4.69, 9.17) is 4.74 Å². The number of nitrogens with zero attached hydrogens (tertiary/aromatic N) is 4. The van der Waals surface area contributed by atoms with Gasteiger partial charge in [0.2, 0.25) is 11.6 Å².